The van der Waals surface area contributed by atoms with Crippen molar-refractivity contribution in [3.8, 4) is 23.0 Å². The van der Waals surface area contributed by atoms with Crippen molar-refractivity contribution in [3.63, 3.8) is 0 Å². The maximum atomic E-state index is 14.2. The van der Waals surface area contributed by atoms with Gasteiger partial charge in [-0.25, -0.2) is 0 Å². The number of nitrogens with zero attached hydrogens (tertiary/aromatic N) is 4. The second kappa shape index (κ2) is 13.2. The molecule has 4 aromatic rings. The molecular formula is C30H16N4O14. The number of rotatable bonds is 12. The summed E-state index contributed by atoms with van der Waals surface area (Å²) in [6, 6.07) is 18.6. The minimum Gasteiger partial charge on any atom is -0.442 e. The van der Waals surface area contributed by atoms with Gasteiger partial charge in [0.25, 0.3) is 11.6 Å². The lowest BCUT2D eigenvalue weighted by Crippen LogP contribution is -2.33. The molecule has 0 N–H and O–H groups in total. The number of benzene rings is 4. The largest absolute Gasteiger partial charge is 0.442 e. The number of hydrogen-bond acceptors (Lipinski definition) is 14. The quantitative estimate of drug-likeness (QED) is 0.104. The third-order valence-electron chi connectivity index (χ3n) is 6.33. The van der Waals surface area contributed by atoms with E-state index in [1.807, 2.05) is 0 Å². The Kier molecular flexibility index (Phi) is 8.80. The molecule has 0 heterocycles. The summed E-state index contributed by atoms with van der Waals surface area (Å²) < 4.78 is 22.3. The van der Waals surface area contributed by atoms with Crippen molar-refractivity contribution in [1.29, 1.82) is 0 Å². The summed E-state index contributed by atoms with van der Waals surface area (Å²) in [6.07, 6.45) is 0. The smallest absolute Gasteiger partial charge is 0.311 e. The average Bonchev–Trinajstić information content (AvgIpc) is 3.07. The van der Waals surface area contributed by atoms with Gasteiger partial charge in [0.2, 0.25) is 46.0 Å². The molecule has 0 bridgehead atoms. The Bertz CT molecular complexity index is 1810. The highest BCUT2D eigenvalue weighted by atomic mass is 16.6. The topological polar surface area (TPSA) is 244 Å². The van der Waals surface area contributed by atoms with Gasteiger partial charge in [-0.05, 0) is 24.3 Å². The average molecular weight is 656 g/mol. The number of nitro groups is 4. The maximum Gasteiger partial charge on any atom is 0.311 e. The van der Waals surface area contributed by atoms with Gasteiger partial charge in [0.1, 0.15) is 0 Å². The molecule has 0 aromatic heterocycles. The lowest BCUT2D eigenvalue weighted by atomic mass is 10.0. The monoisotopic (exact) mass is 656 g/mol. The van der Waals surface area contributed by atoms with Crippen LogP contribution in [0.3, 0.4) is 0 Å². The first-order valence-corrected chi connectivity index (χ1v) is 13.2. The molecule has 4 aromatic carbocycles. The van der Waals surface area contributed by atoms with Gasteiger partial charge in [-0.2, -0.15) is 0 Å². The van der Waals surface area contributed by atoms with Crippen LogP contribution in [0.5, 0.6) is 23.0 Å². The number of para-hydroxylation sites is 8. The second-order valence-corrected chi connectivity index (χ2v) is 9.28. The van der Waals surface area contributed by atoms with Crippen LogP contribution in [0.25, 0.3) is 0 Å². The predicted octanol–water partition coefficient (Wildman–Crippen LogP) is 5.51. The van der Waals surface area contributed by atoms with E-state index < -0.39 is 100 Å². The van der Waals surface area contributed by atoms with Crippen molar-refractivity contribution < 1.29 is 48.2 Å². The Morgan fingerprint density at radius 1 is 0.354 bits per heavy atom. The highest BCUT2D eigenvalue weighted by Gasteiger charge is 2.44. The predicted molar refractivity (Wildman–Crippen MR) is 159 cm³/mol. The number of ketones is 2. The van der Waals surface area contributed by atoms with E-state index in [1.165, 1.54) is 48.5 Å². The lowest BCUT2D eigenvalue weighted by Gasteiger charge is -2.23. The fraction of sp³-hybridized carbons (Fsp3) is 0. The summed E-state index contributed by atoms with van der Waals surface area (Å²) >= 11 is 0. The third-order valence-corrected chi connectivity index (χ3v) is 6.33. The van der Waals surface area contributed by atoms with Gasteiger partial charge in [0.15, 0.2) is 0 Å². The van der Waals surface area contributed by atoms with Crippen LogP contribution in [0.1, 0.15) is 0 Å². The Balaban J connectivity index is 1.76. The van der Waals surface area contributed by atoms with E-state index in [4.69, 9.17) is 18.9 Å². The fourth-order valence-corrected chi connectivity index (χ4v) is 4.21. The standard InChI is InChI=1S/C30H16N4O14/c35-25-27(45-21-13-5-1-9-17(21)31(37)38)28(46-22-14-6-2-10-18(22)32(39)40)26(36)30(48-24-16-8-4-12-20(24)34(43)44)29(25)47-23-15-7-3-11-19(23)33(41)42/h1-16H. The van der Waals surface area contributed by atoms with Crippen molar-refractivity contribution in [2.24, 2.45) is 0 Å². The van der Waals surface area contributed by atoms with Gasteiger partial charge in [0, 0.05) is 24.3 Å². The van der Waals surface area contributed by atoms with Crippen molar-refractivity contribution in [2.45, 2.75) is 0 Å². The van der Waals surface area contributed by atoms with Gasteiger partial charge < -0.3 is 18.9 Å². The zero-order valence-corrected chi connectivity index (χ0v) is 23.7. The first-order chi connectivity index (χ1) is 23.0. The SMILES string of the molecule is O=C1C(Oc2ccccc2[N+](=O)[O-])=C(Oc2ccccc2[N+](=O)[O-])C(=O)C(Oc2ccccc2[N+](=O)[O-])=C1Oc1ccccc1[N+](=O)[O-]. The van der Waals surface area contributed by atoms with Crippen molar-refractivity contribution in [2.75, 3.05) is 0 Å². The van der Waals surface area contributed by atoms with Gasteiger partial charge in [-0.15, -0.1) is 0 Å². The van der Waals surface area contributed by atoms with Crippen molar-refractivity contribution in [3.05, 3.63) is 161 Å². The molecule has 18 heteroatoms. The Morgan fingerprint density at radius 2 is 0.542 bits per heavy atom. The summed E-state index contributed by atoms with van der Waals surface area (Å²) in [5.41, 5.74) is -2.71. The first-order valence-electron chi connectivity index (χ1n) is 13.2. The number of hydrogen-bond donors (Lipinski definition) is 0. The third kappa shape index (κ3) is 6.33. The minimum atomic E-state index is -1.45. The van der Waals surface area contributed by atoms with Crippen LogP contribution in [-0.4, -0.2) is 31.3 Å². The van der Waals surface area contributed by atoms with Gasteiger partial charge in [-0.1, -0.05) is 48.5 Å². The molecule has 0 spiro atoms. The first kappa shape index (κ1) is 31.9. The van der Waals surface area contributed by atoms with Crippen LogP contribution in [0.15, 0.2) is 120 Å². The summed E-state index contributed by atoms with van der Waals surface area (Å²) in [5.74, 6) is -9.66. The lowest BCUT2D eigenvalue weighted by molar-refractivity contribution is -0.386. The minimum absolute atomic E-state index is 0.588. The van der Waals surface area contributed by atoms with Crippen molar-refractivity contribution in [1.82, 2.24) is 0 Å². The summed E-state index contributed by atoms with van der Waals surface area (Å²) in [6.45, 7) is 0. The molecule has 0 fully saturated rings. The number of Topliss-reactive ketones (excluding diaryl/α,β-unsaturated/α-hetero) is 2. The Morgan fingerprint density at radius 3 is 0.729 bits per heavy atom. The normalized spacial score (nSPS) is 12.8. The summed E-state index contributed by atoms with van der Waals surface area (Å²) in [5, 5.41) is 46.9. The van der Waals surface area contributed by atoms with Crippen LogP contribution in [0, 0.1) is 40.5 Å². The van der Waals surface area contributed by atoms with Gasteiger partial charge in [-0.3, -0.25) is 50.0 Å². The second-order valence-electron chi connectivity index (χ2n) is 9.28. The van der Waals surface area contributed by atoms with Gasteiger partial charge >= 0.3 is 22.7 Å². The highest BCUT2D eigenvalue weighted by molar-refractivity contribution is 6.22. The van der Waals surface area contributed by atoms with E-state index in [0.717, 1.165) is 48.5 Å². The number of ether oxygens (including phenoxy) is 4. The number of nitro benzene ring substituents is 4. The molecule has 0 saturated carbocycles. The highest BCUT2D eigenvalue weighted by Crippen LogP contribution is 2.39. The molecule has 1 aliphatic rings. The molecule has 48 heavy (non-hydrogen) atoms. The summed E-state index contributed by atoms with van der Waals surface area (Å²) in [4.78, 5) is 71.9. The molecule has 240 valence electrons. The van der Waals surface area contributed by atoms with E-state index >= 15 is 0 Å². The molecule has 5 rings (SSSR count). The number of carbonyl (C=O) groups excluding carboxylic acids is 2. The zero-order valence-electron chi connectivity index (χ0n) is 23.7. The zero-order chi connectivity index (χ0) is 34.5. The van der Waals surface area contributed by atoms with Crippen LogP contribution < -0.4 is 18.9 Å². The van der Waals surface area contributed by atoms with E-state index in [9.17, 15) is 50.0 Å². The molecule has 0 amide bonds. The van der Waals surface area contributed by atoms with Gasteiger partial charge in [0.05, 0.1) is 19.7 Å². The molecule has 0 aliphatic heterocycles. The molecule has 0 atom stereocenters. The van der Waals surface area contributed by atoms with Crippen LogP contribution in [-0.2, 0) is 9.59 Å². The Hall–Kier alpha value is -7.50. The molecule has 0 unspecified atom stereocenters. The molecule has 0 radical (unpaired) electrons. The molecule has 1 aliphatic carbocycles. The van der Waals surface area contributed by atoms with Crippen LogP contribution in [0.4, 0.5) is 22.7 Å². The summed E-state index contributed by atoms with van der Waals surface area (Å²) in [7, 11) is 0. The van der Waals surface area contributed by atoms with E-state index in [2.05, 4.69) is 0 Å². The van der Waals surface area contributed by atoms with Crippen molar-refractivity contribution >= 4 is 34.3 Å². The van der Waals surface area contributed by atoms with Crippen LogP contribution >= 0.6 is 0 Å². The fourth-order valence-electron chi connectivity index (χ4n) is 4.21. The molecule has 18 nitrogen and oxygen atoms in total. The Labute approximate surface area is 266 Å². The molecule has 0 saturated heterocycles. The van der Waals surface area contributed by atoms with E-state index in [1.54, 1.807) is 0 Å². The van der Waals surface area contributed by atoms with Crippen LogP contribution in [0.2, 0.25) is 0 Å². The van der Waals surface area contributed by atoms with E-state index in [-0.39, 0.29) is 0 Å². The van der Waals surface area contributed by atoms with E-state index in [0.29, 0.717) is 0 Å². The number of carbonyl (C=O) groups is 2. The molecular weight excluding hydrogens is 640 g/mol. The maximum absolute atomic E-state index is 14.2.